The molecule has 3 nitrogen and oxygen atoms in total. The third-order valence-corrected chi connectivity index (χ3v) is 5.30. The Hall–Kier alpha value is -0.390. The fourth-order valence-electron chi connectivity index (χ4n) is 1.46. The van der Waals surface area contributed by atoms with Crippen LogP contribution < -0.4 is 5.73 Å². The summed E-state index contributed by atoms with van der Waals surface area (Å²) in [5.41, 5.74) is 5.89. The molecule has 17 heavy (non-hydrogen) atoms. The highest BCUT2D eigenvalue weighted by Gasteiger charge is 2.21. The van der Waals surface area contributed by atoms with Gasteiger partial charge in [-0.2, -0.15) is 0 Å². The first-order chi connectivity index (χ1) is 7.86. The van der Waals surface area contributed by atoms with Gasteiger partial charge >= 0.3 is 0 Å². The minimum Gasteiger partial charge on any atom is -0.327 e. The van der Waals surface area contributed by atoms with Gasteiger partial charge in [0.15, 0.2) is 9.84 Å². The van der Waals surface area contributed by atoms with E-state index in [1.165, 1.54) is 0 Å². The highest BCUT2D eigenvalue weighted by Crippen LogP contribution is 2.18. The molecule has 0 spiro atoms. The fourth-order valence-corrected chi connectivity index (χ4v) is 3.30. The lowest BCUT2D eigenvalue weighted by atomic mass is 10.0. The predicted octanol–water partition coefficient (Wildman–Crippen LogP) is 2.60. The van der Waals surface area contributed by atoms with Crippen LogP contribution in [0, 0.1) is 5.92 Å². The number of hydrogen-bond acceptors (Lipinski definition) is 3. The van der Waals surface area contributed by atoms with Crippen molar-refractivity contribution in [1.29, 1.82) is 0 Å². The number of nitrogens with two attached hydrogens (primary N) is 1. The lowest BCUT2D eigenvalue weighted by Gasteiger charge is -2.18. The minimum absolute atomic E-state index is 0.00361. The Bertz CT molecular complexity index is 456. The van der Waals surface area contributed by atoms with Crippen LogP contribution in [0.15, 0.2) is 33.6 Å². The largest absolute Gasteiger partial charge is 0.327 e. The lowest BCUT2D eigenvalue weighted by Crippen LogP contribution is -2.35. The Morgan fingerprint density at radius 2 is 1.82 bits per heavy atom. The molecule has 0 bridgehead atoms. The summed E-state index contributed by atoms with van der Waals surface area (Å²) in [5, 5.41) is 0. The van der Waals surface area contributed by atoms with Crippen LogP contribution in [-0.2, 0) is 9.84 Å². The first kappa shape index (κ1) is 14.7. The number of sulfone groups is 1. The standard InChI is InChI=1S/C12H18BrNO2S/c1-3-9(2)12(14)8-17(15,16)11-6-4-10(13)5-7-11/h4-7,9,12H,3,8,14H2,1-2H3. The van der Waals surface area contributed by atoms with Gasteiger partial charge in [-0.1, -0.05) is 36.2 Å². The van der Waals surface area contributed by atoms with Crippen molar-refractivity contribution in [3.05, 3.63) is 28.7 Å². The van der Waals surface area contributed by atoms with E-state index in [0.29, 0.717) is 4.90 Å². The van der Waals surface area contributed by atoms with Crippen molar-refractivity contribution in [2.24, 2.45) is 11.7 Å². The molecular weight excluding hydrogens is 302 g/mol. The maximum Gasteiger partial charge on any atom is 0.179 e. The quantitative estimate of drug-likeness (QED) is 0.907. The smallest absolute Gasteiger partial charge is 0.179 e. The molecule has 1 aromatic rings. The van der Waals surface area contributed by atoms with Gasteiger partial charge in [0.2, 0.25) is 0 Å². The summed E-state index contributed by atoms with van der Waals surface area (Å²) in [5.74, 6) is 0.212. The molecule has 0 heterocycles. The molecule has 1 aromatic carbocycles. The molecule has 0 aliphatic heterocycles. The second-order valence-corrected chi connectivity index (χ2v) is 7.23. The summed E-state index contributed by atoms with van der Waals surface area (Å²) in [6, 6.07) is 6.34. The van der Waals surface area contributed by atoms with Crippen molar-refractivity contribution in [3.8, 4) is 0 Å². The summed E-state index contributed by atoms with van der Waals surface area (Å²) in [6.07, 6.45) is 0.886. The molecule has 2 N–H and O–H groups in total. The van der Waals surface area contributed by atoms with Gasteiger partial charge in [0.25, 0.3) is 0 Å². The summed E-state index contributed by atoms with van der Waals surface area (Å²) < 4.78 is 25.0. The minimum atomic E-state index is -3.28. The zero-order valence-electron chi connectivity index (χ0n) is 10.1. The molecule has 0 saturated heterocycles. The van der Waals surface area contributed by atoms with Crippen LogP contribution in [0.3, 0.4) is 0 Å². The van der Waals surface area contributed by atoms with Crippen LogP contribution in [0.1, 0.15) is 20.3 Å². The molecule has 96 valence electrons. The van der Waals surface area contributed by atoms with E-state index in [4.69, 9.17) is 5.73 Å². The highest BCUT2D eigenvalue weighted by molar-refractivity contribution is 9.10. The summed E-state index contributed by atoms with van der Waals surface area (Å²) in [4.78, 5) is 0.333. The van der Waals surface area contributed by atoms with E-state index in [9.17, 15) is 8.42 Å². The van der Waals surface area contributed by atoms with Crippen molar-refractivity contribution in [2.75, 3.05) is 5.75 Å². The molecule has 2 unspecified atom stereocenters. The fraction of sp³-hybridized carbons (Fsp3) is 0.500. The van der Waals surface area contributed by atoms with Crippen molar-refractivity contribution in [1.82, 2.24) is 0 Å². The van der Waals surface area contributed by atoms with E-state index >= 15 is 0 Å². The number of hydrogen-bond donors (Lipinski definition) is 1. The number of rotatable bonds is 5. The molecule has 2 atom stereocenters. The molecule has 0 radical (unpaired) electrons. The Morgan fingerprint density at radius 3 is 2.29 bits per heavy atom. The molecule has 0 amide bonds. The first-order valence-electron chi connectivity index (χ1n) is 5.60. The third-order valence-electron chi connectivity index (χ3n) is 2.96. The van der Waals surface area contributed by atoms with Crippen LogP contribution in [0.2, 0.25) is 0 Å². The van der Waals surface area contributed by atoms with Gasteiger partial charge in [-0.25, -0.2) is 8.42 Å². The van der Waals surface area contributed by atoms with Crippen LogP contribution in [0.4, 0.5) is 0 Å². The molecule has 1 rings (SSSR count). The van der Waals surface area contributed by atoms with Gasteiger partial charge in [0.1, 0.15) is 0 Å². The van der Waals surface area contributed by atoms with Crippen LogP contribution in [-0.4, -0.2) is 20.2 Å². The van der Waals surface area contributed by atoms with Gasteiger partial charge in [-0.05, 0) is 30.2 Å². The maximum absolute atomic E-state index is 12.1. The zero-order chi connectivity index (χ0) is 13.1. The van der Waals surface area contributed by atoms with Gasteiger partial charge in [-0.15, -0.1) is 0 Å². The Kier molecular flexibility index (Phi) is 5.16. The van der Waals surface area contributed by atoms with Gasteiger partial charge < -0.3 is 5.73 Å². The maximum atomic E-state index is 12.1. The monoisotopic (exact) mass is 319 g/mol. The molecule has 5 heteroatoms. The van der Waals surface area contributed by atoms with Crippen LogP contribution in [0.5, 0.6) is 0 Å². The van der Waals surface area contributed by atoms with Gasteiger partial charge in [0, 0.05) is 10.5 Å². The van der Waals surface area contributed by atoms with Crippen molar-refractivity contribution in [3.63, 3.8) is 0 Å². The molecular formula is C12H18BrNO2S. The number of benzene rings is 1. The Balaban J connectivity index is 2.85. The summed E-state index contributed by atoms with van der Waals surface area (Å²) >= 11 is 3.28. The molecule has 0 aliphatic rings. The lowest BCUT2D eigenvalue weighted by molar-refractivity contribution is 0.466. The van der Waals surface area contributed by atoms with Gasteiger partial charge in [-0.3, -0.25) is 0 Å². The van der Waals surface area contributed by atoms with Crippen molar-refractivity contribution >= 4 is 25.8 Å². The third kappa shape index (κ3) is 4.08. The molecule has 0 aliphatic carbocycles. The zero-order valence-corrected chi connectivity index (χ0v) is 12.5. The molecule has 0 aromatic heterocycles. The predicted molar refractivity (Wildman–Crippen MR) is 73.6 cm³/mol. The summed E-state index contributed by atoms with van der Waals surface area (Å²) in [6.45, 7) is 3.98. The van der Waals surface area contributed by atoms with E-state index in [2.05, 4.69) is 15.9 Å². The average molecular weight is 320 g/mol. The van der Waals surface area contributed by atoms with Crippen molar-refractivity contribution < 1.29 is 8.42 Å². The molecule has 0 saturated carbocycles. The van der Waals surface area contributed by atoms with E-state index in [1.807, 2.05) is 13.8 Å². The summed E-state index contributed by atoms with van der Waals surface area (Å²) in [7, 11) is -3.28. The first-order valence-corrected chi connectivity index (χ1v) is 8.05. The topological polar surface area (TPSA) is 60.2 Å². The van der Waals surface area contributed by atoms with Crippen molar-refractivity contribution in [2.45, 2.75) is 31.2 Å². The number of halogens is 1. The Labute approximate surface area is 111 Å². The Morgan fingerprint density at radius 1 is 1.29 bits per heavy atom. The second kappa shape index (κ2) is 5.98. The SMILES string of the molecule is CCC(C)C(N)CS(=O)(=O)c1ccc(Br)cc1. The van der Waals surface area contributed by atoms with E-state index in [0.717, 1.165) is 10.9 Å². The van der Waals surface area contributed by atoms with E-state index < -0.39 is 9.84 Å². The van der Waals surface area contributed by atoms with Crippen LogP contribution in [0.25, 0.3) is 0 Å². The van der Waals surface area contributed by atoms with Crippen LogP contribution >= 0.6 is 15.9 Å². The van der Waals surface area contributed by atoms with E-state index in [1.54, 1.807) is 24.3 Å². The second-order valence-electron chi connectivity index (χ2n) is 4.28. The van der Waals surface area contributed by atoms with E-state index in [-0.39, 0.29) is 17.7 Å². The highest BCUT2D eigenvalue weighted by atomic mass is 79.9. The van der Waals surface area contributed by atoms with Gasteiger partial charge in [0.05, 0.1) is 10.6 Å². The average Bonchev–Trinajstić information content (AvgIpc) is 2.27. The molecule has 0 fully saturated rings. The normalized spacial score (nSPS) is 15.5.